The average Bonchev–Trinajstić information content (AvgIpc) is 3.67. The molecular formula is C46H84O8SSi3. The van der Waals surface area contributed by atoms with Crippen molar-refractivity contribution < 1.29 is 38.1 Å². The molecule has 1 fully saturated rings. The van der Waals surface area contributed by atoms with Crippen molar-refractivity contribution in [2.45, 2.75) is 193 Å². The number of thiophene rings is 1. The monoisotopic (exact) mass is 881 g/mol. The second kappa shape index (κ2) is 20.5. The molecule has 5 atom stereocenters. The highest BCUT2D eigenvalue weighted by Crippen LogP contribution is 2.51. The molecule has 2 aromatic rings. The van der Waals surface area contributed by atoms with Crippen molar-refractivity contribution in [3.05, 3.63) is 35.2 Å². The van der Waals surface area contributed by atoms with Crippen LogP contribution in [0.15, 0.2) is 30.3 Å². The number of ether oxygens (including phenoxy) is 1. The molecule has 0 saturated heterocycles. The topological polar surface area (TPSA) is 115 Å². The fourth-order valence-corrected chi connectivity index (χ4v) is 12.5. The number of unbranched alkanes of at least 4 members (excludes halogenated alkanes) is 3. The van der Waals surface area contributed by atoms with Crippen molar-refractivity contribution in [2.75, 3.05) is 26.4 Å². The van der Waals surface area contributed by atoms with Crippen LogP contribution >= 0.6 is 11.3 Å². The SMILES string of the molecule is CC(C)(C)[Si](C)(C)O[C@H]1C[C@H](O[Si](C)(C)C(C)(C)C)[C@H](CC[C@@H](O[Si](C)(C)C(C)(C)C)c2cc3ccccc3s2)[C@H]1CCCCCCC(=O)OCC(CO)(CO)CO. The summed E-state index contributed by atoms with van der Waals surface area (Å²) in [5.41, 5.74) is -1.21. The summed E-state index contributed by atoms with van der Waals surface area (Å²) in [6, 6.07) is 11.1. The summed E-state index contributed by atoms with van der Waals surface area (Å²) >= 11 is 1.88. The van der Waals surface area contributed by atoms with E-state index in [1.807, 2.05) is 11.3 Å². The average molecular weight is 881 g/mol. The van der Waals surface area contributed by atoms with Crippen LogP contribution in [0.3, 0.4) is 0 Å². The molecule has 1 aromatic heterocycles. The van der Waals surface area contributed by atoms with Crippen LogP contribution in [0.2, 0.25) is 54.4 Å². The molecule has 58 heavy (non-hydrogen) atoms. The minimum atomic E-state index is -2.11. The number of aliphatic hydroxyl groups excluding tert-OH is 3. The standard InChI is InChI=1S/C46H84O8SSi3/c1-43(2,3)56(10,11)52-37(41-28-34-22-20-21-24-40(34)55-41)27-26-36-35(23-18-16-17-19-25-42(50)51-33-46(30-47,31-48)32-49)38(53-57(12,13)44(4,5)6)29-39(36)54-58(14,15)45(7,8)9/h20-22,24,28,35-39,47-49H,16-19,23,25-27,29-33H2,1-15H3/t35-,36-,37-,38+,39+/m1/s1. The number of aliphatic hydroxyl groups is 3. The number of rotatable bonds is 22. The summed E-state index contributed by atoms with van der Waals surface area (Å²) in [5.74, 6) is 0.328. The van der Waals surface area contributed by atoms with Gasteiger partial charge in [-0.15, -0.1) is 11.3 Å². The number of hydrogen-bond acceptors (Lipinski definition) is 9. The maximum absolute atomic E-state index is 12.5. The van der Waals surface area contributed by atoms with Crippen LogP contribution in [0.4, 0.5) is 0 Å². The third kappa shape index (κ3) is 13.5. The van der Waals surface area contributed by atoms with E-state index in [2.05, 4.69) is 132 Å². The molecule has 3 N–H and O–H groups in total. The van der Waals surface area contributed by atoms with E-state index in [0.717, 1.165) is 44.9 Å². The summed E-state index contributed by atoms with van der Waals surface area (Å²) in [4.78, 5) is 13.8. The van der Waals surface area contributed by atoms with Crippen molar-refractivity contribution in [1.29, 1.82) is 0 Å². The normalized spacial score (nSPS) is 20.9. The number of carbonyl (C=O) groups excluding carboxylic acids is 1. The van der Waals surface area contributed by atoms with Gasteiger partial charge in [0.1, 0.15) is 6.61 Å². The smallest absolute Gasteiger partial charge is 0.305 e. The van der Waals surface area contributed by atoms with Gasteiger partial charge in [0.15, 0.2) is 25.0 Å². The summed E-state index contributed by atoms with van der Waals surface area (Å²) < 4.78 is 28.9. The van der Waals surface area contributed by atoms with E-state index in [1.165, 1.54) is 15.0 Å². The van der Waals surface area contributed by atoms with E-state index in [0.29, 0.717) is 18.3 Å². The number of fused-ring (bicyclic) bond motifs is 1. The van der Waals surface area contributed by atoms with Crippen LogP contribution in [-0.4, -0.2) is 84.9 Å². The Labute approximate surface area is 360 Å². The zero-order valence-corrected chi connectivity index (χ0v) is 43.1. The van der Waals surface area contributed by atoms with Gasteiger partial charge >= 0.3 is 5.97 Å². The van der Waals surface area contributed by atoms with Gasteiger partial charge in [-0.1, -0.05) is 99.8 Å². The number of hydrogen-bond donors (Lipinski definition) is 3. The number of esters is 1. The van der Waals surface area contributed by atoms with Crippen molar-refractivity contribution in [1.82, 2.24) is 0 Å². The Bertz CT molecular complexity index is 1530. The maximum atomic E-state index is 12.5. The summed E-state index contributed by atoms with van der Waals surface area (Å²) in [6.45, 7) is 33.8. The molecule has 1 heterocycles. The number of benzene rings is 1. The first-order valence-corrected chi connectivity index (χ1v) is 31.7. The van der Waals surface area contributed by atoms with Crippen LogP contribution in [-0.2, 0) is 22.8 Å². The van der Waals surface area contributed by atoms with E-state index in [4.69, 9.17) is 18.0 Å². The zero-order valence-electron chi connectivity index (χ0n) is 39.3. The second-order valence-corrected chi connectivity index (χ2v) is 37.5. The third-order valence-corrected chi connectivity index (χ3v) is 29.2. The fraction of sp³-hybridized carbons (Fsp3) is 0.804. The Morgan fingerprint density at radius 1 is 0.724 bits per heavy atom. The predicted octanol–water partition coefficient (Wildman–Crippen LogP) is 12.0. The van der Waals surface area contributed by atoms with Crippen molar-refractivity contribution in [2.24, 2.45) is 17.3 Å². The Balaban J connectivity index is 1.91. The van der Waals surface area contributed by atoms with Gasteiger partial charge in [-0.2, -0.15) is 0 Å². The first-order chi connectivity index (χ1) is 26.6. The lowest BCUT2D eigenvalue weighted by Crippen LogP contribution is -2.45. The van der Waals surface area contributed by atoms with E-state index in [-0.39, 0.29) is 52.4 Å². The first-order valence-electron chi connectivity index (χ1n) is 22.1. The highest BCUT2D eigenvalue weighted by Gasteiger charge is 2.51. The predicted molar refractivity (Wildman–Crippen MR) is 250 cm³/mol. The van der Waals surface area contributed by atoms with Crippen LogP contribution in [0.1, 0.15) is 131 Å². The molecule has 0 bridgehead atoms. The van der Waals surface area contributed by atoms with Gasteiger partial charge in [0.2, 0.25) is 0 Å². The largest absolute Gasteiger partial charge is 0.465 e. The van der Waals surface area contributed by atoms with Crippen LogP contribution in [0, 0.1) is 17.3 Å². The van der Waals surface area contributed by atoms with Crippen LogP contribution in [0.5, 0.6) is 0 Å². The Morgan fingerprint density at radius 3 is 1.72 bits per heavy atom. The molecule has 0 radical (unpaired) electrons. The summed E-state index contributed by atoms with van der Waals surface area (Å²) in [7, 11) is -6.31. The van der Waals surface area contributed by atoms with E-state index < -0.39 is 50.2 Å². The van der Waals surface area contributed by atoms with Gasteiger partial charge in [-0.05, 0) is 116 Å². The van der Waals surface area contributed by atoms with Gasteiger partial charge in [0.25, 0.3) is 0 Å². The van der Waals surface area contributed by atoms with Gasteiger partial charge in [0.05, 0.1) is 43.5 Å². The molecule has 12 heteroatoms. The molecule has 0 spiro atoms. The summed E-state index contributed by atoms with van der Waals surface area (Å²) in [5, 5.41) is 30.3. The molecule has 334 valence electrons. The Hall–Kier alpha value is -0.939. The van der Waals surface area contributed by atoms with Gasteiger partial charge in [-0.3, -0.25) is 4.79 Å². The van der Waals surface area contributed by atoms with Gasteiger partial charge in [-0.25, -0.2) is 0 Å². The highest BCUT2D eigenvalue weighted by atomic mass is 32.1. The van der Waals surface area contributed by atoms with E-state index in [1.54, 1.807) is 0 Å². The van der Waals surface area contributed by atoms with Gasteiger partial charge in [0, 0.05) is 16.0 Å². The fourth-order valence-electron chi connectivity index (χ4n) is 7.20. The lowest BCUT2D eigenvalue weighted by molar-refractivity contribution is -0.151. The summed E-state index contributed by atoms with van der Waals surface area (Å²) in [6.07, 6.45) is 8.13. The molecule has 1 saturated carbocycles. The van der Waals surface area contributed by atoms with Crippen LogP contribution in [0.25, 0.3) is 10.1 Å². The second-order valence-electron chi connectivity index (χ2n) is 22.1. The van der Waals surface area contributed by atoms with Gasteiger partial charge < -0.3 is 33.3 Å². The maximum Gasteiger partial charge on any atom is 0.305 e. The zero-order chi connectivity index (χ0) is 44.0. The quantitative estimate of drug-likeness (QED) is 0.0609. The van der Waals surface area contributed by atoms with Crippen LogP contribution < -0.4 is 0 Å². The molecular weight excluding hydrogens is 797 g/mol. The molecule has 0 unspecified atom stereocenters. The molecule has 0 aliphatic heterocycles. The van der Waals surface area contributed by atoms with E-state index >= 15 is 0 Å². The van der Waals surface area contributed by atoms with Crippen molar-refractivity contribution in [3.63, 3.8) is 0 Å². The third-order valence-electron chi connectivity index (χ3n) is 14.5. The molecule has 0 amide bonds. The Morgan fingerprint density at radius 2 is 1.22 bits per heavy atom. The lowest BCUT2D eigenvalue weighted by atomic mass is 9.84. The first kappa shape index (κ1) is 51.4. The minimum absolute atomic E-state index is 0.0184. The van der Waals surface area contributed by atoms with Crippen molar-refractivity contribution in [3.8, 4) is 0 Å². The molecule has 3 rings (SSSR count). The minimum Gasteiger partial charge on any atom is -0.465 e. The Kier molecular flexibility index (Phi) is 18.2. The molecule has 8 nitrogen and oxygen atoms in total. The van der Waals surface area contributed by atoms with Crippen molar-refractivity contribution >= 4 is 52.3 Å². The van der Waals surface area contributed by atoms with E-state index in [9.17, 15) is 20.1 Å². The lowest BCUT2D eigenvalue weighted by Gasteiger charge is -2.41. The molecule has 1 aromatic carbocycles. The molecule has 1 aliphatic carbocycles. The number of carbonyl (C=O) groups is 1. The highest BCUT2D eigenvalue weighted by molar-refractivity contribution is 7.19. The molecule has 1 aliphatic rings.